The molecule has 0 spiro atoms. The number of methoxy groups -OCH3 is 1. The van der Waals surface area contributed by atoms with Crippen LogP contribution in [-0.4, -0.2) is 184 Å². The Bertz CT molecular complexity index is 2810. The van der Waals surface area contributed by atoms with Crippen LogP contribution in [0.25, 0.3) is 0 Å². The molecule has 2 fully saturated rings. The molecule has 364 valence electrons. The second kappa shape index (κ2) is 20.6. The van der Waals surface area contributed by atoms with Gasteiger partial charge in [0.25, 0.3) is 23.4 Å². The molecule has 7 heterocycles. The molecule has 0 saturated carbocycles. The number of hydrogen-bond donors (Lipinski definition) is 7. The molecular formula is C36H37N15O14S4. The van der Waals surface area contributed by atoms with E-state index in [-0.39, 0.29) is 57.2 Å². The van der Waals surface area contributed by atoms with Crippen molar-refractivity contribution in [2.24, 2.45) is 19.3 Å². The van der Waals surface area contributed by atoms with Gasteiger partial charge in [-0.15, -0.1) is 33.3 Å². The number of carboxylic acid groups (broad SMARTS) is 3. The Kier molecular flexibility index (Phi) is 14.8. The number of anilines is 1. The molecule has 33 heteroatoms. The molecule has 4 amide bonds. The van der Waals surface area contributed by atoms with Crippen molar-refractivity contribution in [3.05, 3.63) is 63.4 Å². The summed E-state index contributed by atoms with van der Waals surface area (Å²) < 4.78 is 13.8. The lowest BCUT2D eigenvalue weighted by molar-refractivity contribution is -0.258. The predicted molar refractivity (Wildman–Crippen MR) is 236 cm³/mol. The van der Waals surface area contributed by atoms with Crippen molar-refractivity contribution in [3.8, 4) is 5.75 Å². The molecule has 0 radical (unpaired) electrons. The average Bonchev–Trinajstić information content (AvgIpc) is 4.07. The zero-order chi connectivity index (χ0) is 49.9. The molecule has 0 aliphatic carbocycles. The first-order chi connectivity index (χ1) is 32.9. The number of aryl methyl sites for hydroxylation is 2. The molecule has 4 aromatic rings. The number of carbonyl (C=O) groups is 7. The van der Waals surface area contributed by atoms with E-state index >= 15 is 0 Å². The van der Waals surface area contributed by atoms with Gasteiger partial charge in [-0.05, 0) is 49.7 Å². The molecule has 1 aromatic carbocycles. The van der Waals surface area contributed by atoms with Gasteiger partial charge in [-0.3, -0.25) is 33.8 Å². The molecule has 4 aliphatic heterocycles. The van der Waals surface area contributed by atoms with Gasteiger partial charge in [0.15, 0.2) is 23.0 Å². The van der Waals surface area contributed by atoms with E-state index in [0.717, 1.165) is 35.1 Å². The Morgan fingerprint density at radius 1 is 0.957 bits per heavy atom. The first-order valence-electron chi connectivity index (χ1n) is 19.4. The van der Waals surface area contributed by atoms with Gasteiger partial charge in [0.05, 0.1) is 6.61 Å². The number of aliphatic carboxylic acids is 3. The van der Waals surface area contributed by atoms with Crippen molar-refractivity contribution >= 4 is 99.0 Å². The standard InChI is InChI=1S/C20H20N6O9S.C16H17N9O5S3/c1-25-19(22-23-24-25)36-8-10-7-35-18-20(34-2,17(33)26(18)13(10)16(31)32)21-14(28)12(15(29)30)9-3-5-11(27)6-4-9;1-24-16(20-22-23-24)33-4-6-3-31-13-9(12(27)25(13)10(6)14(28)29)19-11(26)8(21-30-2)7-5-32-15(17)18-7/h3-6,12,18,27H,7-8H2,1-2H3,(H,21,28)(H,29,30)(H,31,32);5,9,13H,3-4H2,1-2H3,(H2,17,18)(H,19,26)(H,28,29)/b;21-8-/t12?,18-,20+;9-,13-/m11/s1. The summed E-state index contributed by atoms with van der Waals surface area (Å²) >= 11 is 4.89. The van der Waals surface area contributed by atoms with Crippen molar-refractivity contribution in [2.45, 2.75) is 39.6 Å². The second-order valence-corrected chi connectivity index (χ2v) is 18.3. The summed E-state index contributed by atoms with van der Waals surface area (Å²) in [7, 11) is 5.66. The number of nitrogen functional groups attached to an aromatic ring is 1. The van der Waals surface area contributed by atoms with Crippen LogP contribution in [0.1, 0.15) is 17.2 Å². The highest BCUT2D eigenvalue weighted by atomic mass is 32.2. The number of nitrogens with one attached hydrogen (secondary N) is 2. The largest absolute Gasteiger partial charge is 0.508 e. The number of hydrogen-bond acceptors (Lipinski definition) is 24. The quantitative estimate of drug-likeness (QED) is 0.0150. The zero-order valence-corrected chi connectivity index (χ0v) is 39.2. The summed E-state index contributed by atoms with van der Waals surface area (Å²) in [4.78, 5) is 98.5. The topological polar surface area (TPSA) is 397 Å². The van der Waals surface area contributed by atoms with E-state index in [1.165, 1.54) is 69.2 Å². The minimum atomic E-state index is -2.14. The number of benzene rings is 1. The van der Waals surface area contributed by atoms with Gasteiger partial charge in [-0.25, -0.2) is 23.9 Å². The number of phenolic OH excluding ortho intramolecular Hbond substituents is 1. The molecule has 4 aliphatic rings. The monoisotopic (exact) mass is 1030 g/mol. The van der Waals surface area contributed by atoms with E-state index < -0.39 is 70.8 Å². The molecule has 8 N–H and O–H groups in total. The summed E-state index contributed by atoms with van der Waals surface area (Å²) in [5, 5.41) is 71.6. The number of nitrogens with two attached hydrogens (primary N) is 1. The lowest BCUT2D eigenvalue weighted by Crippen LogP contribution is -2.82. The minimum absolute atomic E-state index is 0.0425. The predicted octanol–water partition coefficient (Wildman–Crippen LogP) is -2.00. The molecule has 69 heavy (non-hydrogen) atoms. The van der Waals surface area contributed by atoms with Gasteiger partial charge < -0.3 is 51.1 Å². The normalized spacial score (nSPS) is 21.2. The number of ether oxygens (including phenoxy) is 2. The fourth-order valence-electron chi connectivity index (χ4n) is 7.07. The highest BCUT2D eigenvalue weighted by Crippen LogP contribution is 2.43. The van der Waals surface area contributed by atoms with Crippen molar-refractivity contribution in [3.63, 3.8) is 0 Å². The summed E-state index contributed by atoms with van der Waals surface area (Å²) in [6.45, 7) is -0.213. The first kappa shape index (κ1) is 49.7. The number of oxime groups is 1. The second-order valence-electron chi connectivity index (χ2n) is 14.4. The van der Waals surface area contributed by atoms with Crippen LogP contribution in [0.5, 0.6) is 5.75 Å². The molecule has 29 nitrogen and oxygen atoms in total. The number of nitrogens with zero attached hydrogens (tertiary/aromatic N) is 12. The SMILES string of the molecule is CO/N=C(\C(=O)N[C@@H]1C(=O)N2C(C(=O)O)=C(CSc3nnnn3C)CS[C@H]12)c1csc(N)n1.CO[C@@]1(NC(=O)C(C(=O)O)c2ccc(O)cc2)C(=O)N2C(C(=O)O)=C(CSc3nnnn3C)CO[C@@H]21. The van der Waals surface area contributed by atoms with E-state index in [4.69, 9.17) is 20.0 Å². The zero-order valence-electron chi connectivity index (χ0n) is 36.0. The maximum atomic E-state index is 13.2. The van der Waals surface area contributed by atoms with Crippen LogP contribution in [0.2, 0.25) is 0 Å². The Morgan fingerprint density at radius 2 is 1.57 bits per heavy atom. The number of amides is 4. The molecule has 8 rings (SSSR count). The molecule has 1 unspecified atom stereocenters. The third kappa shape index (κ3) is 9.75. The van der Waals surface area contributed by atoms with Crippen molar-refractivity contribution in [1.82, 2.24) is 65.8 Å². The Morgan fingerprint density at radius 3 is 2.09 bits per heavy atom. The number of rotatable bonds is 17. The highest BCUT2D eigenvalue weighted by Gasteiger charge is 2.68. The number of thioether (sulfide) groups is 3. The van der Waals surface area contributed by atoms with E-state index in [1.807, 2.05) is 0 Å². The van der Waals surface area contributed by atoms with Gasteiger partial charge in [-0.1, -0.05) is 40.8 Å². The third-order valence-corrected chi connectivity index (χ3v) is 14.5. The summed E-state index contributed by atoms with van der Waals surface area (Å²) in [5.41, 5.74) is 4.00. The number of thiazole rings is 1. The van der Waals surface area contributed by atoms with Crippen LogP contribution in [0, 0.1) is 0 Å². The van der Waals surface area contributed by atoms with Crippen molar-refractivity contribution in [1.29, 1.82) is 0 Å². The van der Waals surface area contributed by atoms with Crippen molar-refractivity contribution in [2.75, 3.05) is 43.8 Å². The maximum Gasteiger partial charge on any atom is 0.352 e. The maximum absolute atomic E-state index is 13.2. The molecule has 0 bridgehead atoms. The van der Waals surface area contributed by atoms with Crippen LogP contribution in [0.15, 0.2) is 67.7 Å². The highest BCUT2D eigenvalue weighted by molar-refractivity contribution is 8.01. The Balaban J connectivity index is 0.000000205. The van der Waals surface area contributed by atoms with Crippen LogP contribution < -0.4 is 16.4 Å². The van der Waals surface area contributed by atoms with Crippen LogP contribution in [-0.2, 0) is 62.0 Å². The van der Waals surface area contributed by atoms with Gasteiger partial charge in [-0.2, -0.15) is 0 Å². The van der Waals surface area contributed by atoms with E-state index in [9.17, 15) is 54.0 Å². The number of aromatic hydroxyl groups is 1. The minimum Gasteiger partial charge on any atom is -0.508 e. The summed E-state index contributed by atoms with van der Waals surface area (Å²) in [6, 6.07) is 4.01. The van der Waals surface area contributed by atoms with E-state index in [0.29, 0.717) is 27.4 Å². The molecule has 5 atom stereocenters. The Labute approximate surface area is 403 Å². The van der Waals surface area contributed by atoms with E-state index in [2.05, 4.69) is 51.8 Å². The number of β-lactam (4-membered cyclic amide) rings is 2. The molecule has 2 saturated heterocycles. The molecular weight excluding hydrogens is 995 g/mol. The van der Waals surface area contributed by atoms with E-state index in [1.54, 1.807) is 19.5 Å². The number of phenols is 1. The third-order valence-electron chi connectivity index (χ3n) is 10.3. The number of aromatic nitrogens is 9. The van der Waals surface area contributed by atoms with Crippen LogP contribution in [0.4, 0.5) is 5.13 Å². The lowest BCUT2D eigenvalue weighted by atomic mass is 9.92. The fraction of sp³-hybridized carbons (Fsp3) is 0.361. The van der Waals surface area contributed by atoms with Crippen LogP contribution in [0.3, 0.4) is 0 Å². The summed E-state index contributed by atoms with van der Waals surface area (Å²) in [5.74, 6) is -8.50. The van der Waals surface area contributed by atoms with Gasteiger partial charge >= 0.3 is 17.9 Å². The number of tetrazole rings is 2. The smallest absolute Gasteiger partial charge is 0.352 e. The van der Waals surface area contributed by atoms with Crippen molar-refractivity contribution < 1.29 is 68.3 Å². The Hall–Kier alpha value is -7.20. The summed E-state index contributed by atoms with van der Waals surface area (Å²) in [6.07, 6.45) is -1.36. The number of carboxylic acids is 3. The van der Waals surface area contributed by atoms with Gasteiger partial charge in [0.2, 0.25) is 16.2 Å². The number of carbonyl (C=O) groups excluding carboxylic acids is 4. The lowest BCUT2D eigenvalue weighted by Gasteiger charge is -2.55. The average molecular weight is 1030 g/mol. The fourth-order valence-corrected chi connectivity index (χ4v) is 10.8. The number of fused-ring (bicyclic) bond motifs is 2. The van der Waals surface area contributed by atoms with Crippen LogP contribution >= 0.6 is 46.6 Å². The van der Waals surface area contributed by atoms with Gasteiger partial charge in [0, 0.05) is 43.8 Å². The molecule has 3 aromatic heterocycles. The van der Waals surface area contributed by atoms with Gasteiger partial charge in [0.1, 0.15) is 41.4 Å². The first-order valence-corrected chi connectivity index (χ1v) is 23.3.